The minimum Gasteiger partial charge on any atom is -0.444 e. The fourth-order valence-corrected chi connectivity index (χ4v) is 6.33. The molecule has 0 spiro atoms. The summed E-state index contributed by atoms with van der Waals surface area (Å²) in [6.07, 6.45) is -2.66. The third-order valence-electron chi connectivity index (χ3n) is 8.73. The number of rotatable bonds is 9. The molecule has 2 heterocycles. The molecule has 4 atom stereocenters. The van der Waals surface area contributed by atoms with Crippen molar-refractivity contribution >= 4 is 41.1 Å². The number of carbonyl (C=O) groups is 4. The van der Waals surface area contributed by atoms with Crippen LogP contribution in [0.1, 0.15) is 65.5 Å². The monoisotopic (exact) mass is 729 g/mol. The molecule has 53 heavy (non-hydrogen) atoms. The Hall–Kier alpha value is -5.14. The van der Waals surface area contributed by atoms with E-state index in [-0.39, 0.29) is 25.9 Å². The number of nitrogens with one attached hydrogen (secondary N) is 2. The van der Waals surface area contributed by atoms with Crippen molar-refractivity contribution in [3.05, 3.63) is 90.0 Å². The van der Waals surface area contributed by atoms with E-state index < -0.39 is 59.5 Å². The minimum atomic E-state index is -0.852. The SMILES string of the molecule is CC(C)(C)OC(=O)N1CC(O)CC1C(=O)Nc1ccc(CN(Cc2ccc(NC(=O)C3CC(O)CN3C(=O)OC(C)(C)C)cc2)c2ccccc2)cc1. The summed E-state index contributed by atoms with van der Waals surface area (Å²) in [5.74, 6) is -0.793. The molecule has 2 fully saturated rings. The van der Waals surface area contributed by atoms with E-state index in [1.165, 1.54) is 9.80 Å². The molecule has 0 bridgehead atoms. The Morgan fingerprint density at radius 3 is 1.38 bits per heavy atom. The number of ether oxygens (including phenoxy) is 2. The first-order valence-electron chi connectivity index (χ1n) is 17.9. The van der Waals surface area contributed by atoms with Crippen molar-refractivity contribution in [1.29, 1.82) is 0 Å². The van der Waals surface area contributed by atoms with Gasteiger partial charge < -0.3 is 35.2 Å². The van der Waals surface area contributed by atoms with Crippen LogP contribution in [0.25, 0.3) is 0 Å². The van der Waals surface area contributed by atoms with E-state index in [0.717, 1.165) is 16.8 Å². The molecule has 13 heteroatoms. The van der Waals surface area contributed by atoms with Crippen LogP contribution in [0.4, 0.5) is 26.7 Å². The Morgan fingerprint density at radius 1 is 0.642 bits per heavy atom. The summed E-state index contributed by atoms with van der Waals surface area (Å²) >= 11 is 0. The molecule has 0 saturated carbocycles. The Bertz CT molecular complexity index is 1630. The first-order chi connectivity index (χ1) is 24.9. The van der Waals surface area contributed by atoms with Crippen molar-refractivity contribution in [3.63, 3.8) is 0 Å². The van der Waals surface area contributed by atoms with Crippen LogP contribution >= 0.6 is 0 Å². The topological polar surface area (TPSA) is 161 Å². The quantitative estimate of drug-likeness (QED) is 0.223. The number of aliphatic hydroxyl groups excluding tert-OH is 2. The van der Waals surface area contributed by atoms with Gasteiger partial charge in [0.15, 0.2) is 0 Å². The Balaban J connectivity index is 1.21. The minimum absolute atomic E-state index is 0.0265. The number of aliphatic hydroxyl groups is 2. The molecule has 5 rings (SSSR count). The molecule has 0 aromatic heterocycles. The zero-order valence-corrected chi connectivity index (χ0v) is 31.2. The highest BCUT2D eigenvalue weighted by atomic mass is 16.6. The number of hydrogen-bond donors (Lipinski definition) is 4. The molecule has 284 valence electrons. The Labute approximate surface area is 310 Å². The molecule has 4 amide bonds. The maximum atomic E-state index is 13.2. The van der Waals surface area contributed by atoms with Gasteiger partial charge in [-0.05, 0) is 89.1 Å². The van der Waals surface area contributed by atoms with Gasteiger partial charge in [-0.15, -0.1) is 0 Å². The molecular formula is C40H51N5O8. The number of likely N-dealkylation sites (tertiary alicyclic amines) is 2. The molecule has 0 radical (unpaired) electrons. The number of nitrogens with zero attached hydrogens (tertiary/aromatic N) is 3. The van der Waals surface area contributed by atoms with Gasteiger partial charge in [-0.3, -0.25) is 19.4 Å². The number of β-amino-alcohol motifs (C(OH)–C–C–N with tert-alkyl or cyclic N) is 2. The standard InChI is InChI=1S/C40H51N5O8/c1-39(2,3)52-37(50)44-24-31(46)20-33(44)35(48)41-28-16-12-26(13-17-28)22-43(30-10-8-7-9-11-30)23-27-14-18-29(19-15-27)42-36(49)34-21-32(47)25-45(34)38(51)53-40(4,5)6/h7-19,31-34,46-47H,20-25H2,1-6H3,(H,41,48)(H,42,49). The van der Waals surface area contributed by atoms with E-state index >= 15 is 0 Å². The van der Waals surface area contributed by atoms with Crippen LogP contribution in [-0.2, 0) is 32.2 Å². The van der Waals surface area contributed by atoms with E-state index in [9.17, 15) is 29.4 Å². The van der Waals surface area contributed by atoms with Crippen LogP contribution < -0.4 is 15.5 Å². The lowest BCUT2D eigenvalue weighted by Gasteiger charge is -2.28. The highest BCUT2D eigenvalue weighted by Gasteiger charge is 2.42. The average Bonchev–Trinajstić information content (AvgIpc) is 3.68. The van der Waals surface area contributed by atoms with E-state index in [4.69, 9.17) is 9.47 Å². The molecule has 4 N–H and O–H groups in total. The summed E-state index contributed by atoms with van der Waals surface area (Å²) in [5.41, 5.74) is 2.67. The normalized spacial score (nSPS) is 20.2. The van der Waals surface area contributed by atoms with Crippen LogP contribution in [0.3, 0.4) is 0 Å². The summed E-state index contributed by atoms with van der Waals surface area (Å²) in [6.45, 7) is 11.7. The Morgan fingerprint density at radius 2 is 1.02 bits per heavy atom. The van der Waals surface area contributed by atoms with Crippen molar-refractivity contribution in [3.8, 4) is 0 Å². The summed E-state index contributed by atoms with van der Waals surface area (Å²) in [7, 11) is 0. The number of anilines is 3. The van der Waals surface area contributed by atoms with Crippen molar-refractivity contribution in [2.45, 2.75) is 103 Å². The van der Waals surface area contributed by atoms with Gasteiger partial charge in [-0.2, -0.15) is 0 Å². The smallest absolute Gasteiger partial charge is 0.411 e. The highest BCUT2D eigenvalue weighted by Crippen LogP contribution is 2.26. The summed E-state index contributed by atoms with van der Waals surface area (Å²) < 4.78 is 10.9. The zero-order chi connectivity index (χ0) is 38.5. The predicted molar refractivity (Wildman–Crippen MR) is 201 cm³/mol. The van der Waals surface area contributed by atoms with Crippen molar-refractivity contribution in [2.75, 3.05) is 28.6 Å². The van der Waals surface area contributed by atoms with Gasteiger partial charge in [-0.1, -0.05) is 42.5 Å². The van der Waals surface area contributed by atoms with E-state index in [1.54, 1.807) is 41.5 Å². The maximum Gasteiger partial charge on any atom is 0.411 e. The molecular weight excluding hydrogens is 678 g/mol. The van der Waals surface area contributed by atoms with Gasteiger partial charge in [0.25, 0.3) is 0 Å². The first kappa shape index (κ1) is 39.1. The molecule has 0 aliphatic carbocycles. The van der Waals surface area contributed by atoms with E-state index in [2.05, 4.69) is 15.5 Å². The van der Waals surface area contributed by atoms with Crippen LogP contribution in [0.5, 0.6) is 0 Å². The van der Waals surface area contributed by atoms with Crippen molar-refractivity contribution < 1.29 is 38.9 Å². The lowest BCUT2D eigenvalue weighted by atomic mass is 10.1. The molecule has 4 unspecified atom stereocenters. The second kappa shape index (κ2) is 16.3. The zero-order valence-electron chi connectivity index (χ0n) is 31.2. The van der Waals surface area contributed by atoms with E-state index in [0.29, 0.717) is 24.5 Å². The van der Waals surface area contributed by atoms with Crippen LogP contribution in [0.2, 0.25) is 0 Å². The number of carbonyl (C=O) groups excluding carboxylic acids is 4. The van der Waals surface area contributed by atoms with Crippen molar-refractivity contribution in [2.24, 2.45) is 0 Å². The van der Waals surface area contributed by atoms with Crippen molar-refractivity contribution in [1.82, 2.24) is 9.80 Å². The number of benzene rings is 3. The lowest BCUT2D eigenvalue weighted by molar-refractivity contribution is -0.121. The third-order valence-corrected chi connectivity index (χ3v) is 8.73. The third kappa shape index (κ3) is 10.9. The first-order valence-corrected chi connectivity index (χ1v) is 17.9. The van der Waals surface area contributed by atoms with Gasteiger partial charge in [0.05, 0.1) is 25.3 Å². The molecule has 2 aliphatic rings. The van der Waals surface area contributed by atoms with Gasteiger partial charge in [0.1, 0.15) is 23.3 Å². The van der Waals surface area contributed by atoms with Gasteiger partial charge >= 0.3 is 12.2 Å². The van der Waals surface area contributed by atoms with Gasteiger partial charge in [0, 0.05) is 43.0 Å². The number of amides is 4. The second-order valence-electron chi connectivity index (χ2n) is 15.6. The molecule has 2 aliphatic heterocycles. The second-order valence-corrected chi connectivity index (χ2v) is 15.6. The molecule has 13 nitrogen and oxygen atoms in total. The fraction of sp³-hybridized carbons (Fsp3) is 0.450. The maximum absolute atomic E-state index is 13.2. The number of para-hydroxylation sites is 1. The van der Waals surface area contributed by atoms with Crippen LogP contribution in [-0.4, -0.2) is 92.6 Å². The number of hydrogen-bond acceptors (Lipinski definition) is 9. The largest absolute Gasteiger partial charge is 0.444 e. The molecule has 3 aromatic carbocycles. The highest BCUT2D eigenvalue weighted by molar-refractivity contribution is 5.97. The lowest BCUT2D eigenvalue weighted by Crippen LogP contribution is -2.45. The summed E-state index contributed by atoms with van der Waals surface area (Å²) in [5, 5.41) is 26.2. The van der Waals surface area contributed by atoms with Gasteiger partial charge in [-0.25, -0.2) is 9.59 Å². The molecule has 3 aromatic rings. The van der Waals surface area contributed by atoms with Gasteiger partial charge in [0.2, 0.25) is 11.8 Å². The van der Waals surface area contributed by atoms with Crippen LogP contribution in [0.15, 0.2) is 78.9 Å². The molecule has 2 saturated heterocycles. The summed E-state index contributed by atoms with van der Waals surface area (Å²) in [6, 6.07) is 23.2. The predicted octanol–water partition coefficient (Wildman–Crippen LogP) is 5.51. The average molecular weight is 730 g/mol. The van der Waals surface area contributed by atoms with Crippen LogP contribution in [0, 0.1) is 0 Å². The summed E-state index contributed by atoms with van der Waals surface area (Å²) in [4.78, 5) is 56.6. The fourth-order valence-electron chi connectivity index (χ4n) is 6.33. The Kier molecular flexibility index (Phi) is 12.0. The van der Waals surface area contributed by atoms with E-state index in [1.807, 2.05) is 78.9 Å².